The average molecular weight is 373 g/mol. The number of aryl methyl sites for hydroxylation is 1. The molecule has 0 heterocycles. The summed E-state index contributed by atoms with van der Waals surface area (Å²) in [5.41, 5.74) is 4.21. The third-order valence-corrected chi connectivity index (χ3v) is 7.58. The lowest BCUT2D eigenvalue weighted by Gasteiger charge is -2.34. The molecule has 0 amide bonds. The van der Waals surface area contributed by atoms with E-state index >= 15 is 0 Å². The van der Waals surface area contributed by atoms with Gasteiger partial charge in [0.25, 0.3) is 0 Å². The van der Waals surface area contributed by atoms with Crippen LogP contribution in [0, 0.1) is 6.92 Å². The van der Waals surface area contributed by atoms with E-state index in [2.05, 4.69) is 98.9 Å². The van der Waals surface area contributed by atoms with Crippen LogP contribution in [0.3, 0.4) is 0 Å². The Balaban J connectivity index is 2.11. The Morgan fingerprint density at radius 2 is 1.40 bits per heavy atom. The van der Waals surface area contributed by atoms with E-state index in [0.717, 1.165) is 6.42 Å². The lowest BCUT2D eigenvalue weighted by atomic mass is 9.87. The molecule has 2 heteroatoms. The maximum Gasteiger partial charge on any atom is 0.0654 e. The zero-order valence-corrected chi connectivity index (χ0v) is 17.6. The number of hydrogen-bond donors (Lipinski definition) is 0. The molecule has 0 aromatic heterocycles. The zero-order valence-electron chi connectivity index (χ0n) is 16.0. The molecule has 0 bridgehead atoms. The molecular formula is C23H32S2. The SMILES string of the molecule is CCCCSCCCSC(CC)(c1ccccc1)c1ccc(C)cc1. The summed E-state index contributed by atoms with van der Waals surface area (Å²) in [6.45, 7) is 6.77. The monoisotopic (exact) mass is 372 g/mol. The minimum absolute atomic E-state index is 0.0725. The molecule has 136 valence electrons. The van der Waals surface area contributed by atoms with Crippen LogP contribution in [-0.4, -0.2) is 17.3 Å². The second-order valence-corrected chi connectivity index (χ2v) is 9.20. The van der Waals surface area contributed by atoms with E-state index in [1.54, 1.807) is 0 Å². The highest BCUT2D eigenvalue weighted by Crippen LogP contribution is 2.46. The van der Waals surface area contributed by atoms with Crippen molar-refractivity contribution in [1.29, 1.82) is 0 Å². The first-order chi connectivity index (χ1) is 12.2. The number of benzene rings is 2. The van der Waals surface area contributed by atoms with Crippen molar-refractivity contribution >= 4 is 23.5 Å². The first-order valence-electron chi connectivity index (χ1n) is 9.57. The Kier molecular flexibility index (Phi) is 8.98. The molecule has 2 aromatic carbocycles. The van der Waals surface area contributed by atoms with Gasteiger partial charge in [-0.1, -0.05) is 80.4 Å². The molecule has 0 N–H and O–H groups in total. The third-order valence-electron chi connectivity index (χ3n) is 4.68. The van der Waals surface area contributed by atoms with Crippen LogP contribution >= 0.6 is 23.5 Å². The van der Waals surface area contributed by atoms with E-state index in [4.69, 9.17) is 0 Å². The Hall–Kier alpha value is -0.860. The van der Waals surface area contributed by atoms with Gasteiger partial charge in [0.05, 0.1) is 4.75 Å². The number of unbranched alkanes of at least 4 members (excludes halogenated alkanes) is 1. The number of hydrogen-bond acceptors (Lipinski definition) is 2. The van der Waals surface area contributed by atoms with Gasteiger partial charge in [-0.2, -0.15) is 11.8 Å². The smallest absolute Gasteiger partial charge is 0.0654 e. The lowest BCUT2D eigenvalue weighted by Crippen LogP contribution is -2.23. The van der Waals surface area contributed by atoms with Crippen LogP contribution < -0.4 is 0 Å². The van der Waals surface area contributed by atoms with Crippen LogP contribution in [0.2, 0.25) is 0 Å². The summed E-state index contributed by atoms with van der Waals surface area (Å²) in [7, 11) is 0. The van der Waals surface area contributed by atoms with E-state index < -0.39 is 0 Å². The van der Waals surface area contributed by atoms with Crippen molar-refractivity contribution in [2.45, 2.75) is 51.2 Å². The molecule has 2 aromatic rings. The summed E-state index contributed by atoms with van der Waals surface area (Å²) in [6, 6.07) is 20.2. The van der Waals surface area contributed by atoms with E-state index in [-0.39, 0.29) is 4.75 Å². The molecule has 2 rings (SSSR count). The Labute approximate surface area is 163 Å². The predicted octanol–water partition coefficient (Wildman–Crippen LogP) is 7.31. The minimum Gasteiger partial charge on any atom is -0.162 e. The van der Waals surface area contributed by atoms with Gasteiger partial charge in [0.2, 0.25) is 0 Å². The molecule has 0 fully saturated rings. The van der Waals surface area contributed by atoms with Crippen LogP contribution in [0.4, 0.5) is 0 Å². The second-order valence-electron chi connectivity index (χ2n) is 6.58. The highest BCUT2D eigenvalue weighted by Gasteiger charge is 2.32. The van der Waals surface area contributed by atoms with Gasteiger partial charge in [0.15, 0.2) is 0 Å². The summed E-state index contributed by atoms with van der Waals surface area (Å²) in [5.74, 6) is 3.82. The molecule has 0 aliphatic rings. The maximum absolute atomic E-state index is 2.33. The summed E-state index contributed by atoms with van der Waals surface area (Å²) in [6.07, 6.45) is 5.07. The molecule has 0 aliphatic carbocycles. The Morgan fingerprint density at radius 3 is 2.04 bits per heavy atom. The van der Waals surface area contributed by atoms with Crippen molar-refractivity contribution in [2.24, 2.45) is 0 Å². The van der Waals surface area contributed by atoms with Gasteiger partial charge in [-0.3, -0.25) is 0 Å². The van der Waals surface area contributed by atoms with Gasteiger partial charge in [-0.05, 0) is 54.6 Å². The van der Waals surface area contributed by atoms with Crippen molar-refractivity contribution in [3.05, 3.63) is 71.3 Å². The van der Waals surface area contributed by atoms with E-state index in [1.807, 2.05) is 0 Å². The van der Waals surface area contributed by atoms with Crippen molar-refractivity contribution in [2.75, 3.05) is 17.3 Å². The first kappa shape index (κ1) is 20.5. The van der Waals surface area contributed by atoms with E-state index in [0.29, 0.717) is 0 Å². The molecule has 0 spiro atoms. The lowest BCUT2D eigenvalue weighted by molar-refractivity contribution is 0.708. The van der Waals surface area contributed by atoms with Gasteiger partial charge < -0.3 is 0 Å². The highest BCUT2D eigenvalue weighted by atomic mass is 32.2. The van der Waals surface area contributed by atoms with E-state index in [9.17, 15) is 0 Å². The Bertz CT molecular complexity index is 591. The molecular weight excluding hydrogens is 340 g/mol. The average Bonchev–Trinajstić information content (AvgIpc) is 2.66. The molecule has 0 saturated heterocycles. The minimum atomic E-state index is 0.0725. The van der Waals surface area contributed by atoms with Crippen LogP contribution in [-0.2, 0) is 4.75 Å². The van der Waals surface area contributed by atoms with Gasteiger partial charge >= 0.3 is 0 Å². The van der Waals surface area contributed by atoms with Gasteiger partial charge in [-0.25, -0.2) is 0 Å². The molecule has 25 heavy (non-hydrogen) atoms. The molecule has 0 nitrogen and oxygen atoms in total. The highest BCUT2D eigenvalue weighted by molar-refractivity contribution is 8.00. The summed E-state index contributed by atoms with van der Waals surface area (Å²) in [5, 5.41) is 0. The largest absolute Gasteiger partial charge is 0.162 e. The third kappa shape index (κ3) is 5.82. The van der Waals surface area contributed by atoms with Crippen molar-refractivity contribution in [3.63, 3.8) is 0 Å². The van der Waals surface area contributed by atoms with Crippen LogP contribution in [0.15, 0.2) is 54.6 Å². The molecule has 1 atom stereocenters. The van der Waals surface area contributed by atoms with Crippen LogP contribution in [0.5, 0.6) is 0 Å². The van der Waals surface area contributed by atoms with E-state index in [1.165, 1.54) is 53.2 Å². The maximum atomic E-state index is 2.33. The van der Waals surface area contributed by atoms with Gasteiger partial charge in [0.1, 0.15) is 0 Å². The molecule has 0 aliphatic heterocycles. The summed E-state index contributed by atoms with van der Waals surface area (Å²) >= 11 is 4.25. The molecule has 1 unspecified atom stereocenters. The standard InChI is InChI=1S/C23H32S2/c1-4-6-17-24-18-10-19-25-23(5-2,21-11-8-7-9-12-21)22-15-13-20(3)14-16-22/h7-9,11-16H,4-6,10,17-19H2,1-3H3. The fourth-order valence-corrected chi connectivity index (χ4v) is 5.80. The van der Waals surface area contributed by atoms with Crippen molar-refractivity contribution in [3.8, 4) is 0 Å². The fraction of sp³-hybridized carbons (Fsp3) is 0.478. The van der Waals surface area contributed by atoms with Gasteiger partial charge in [0, 0.05) is 0 Å². The first-order valence-corrected chi connectivity index (χ1v) is 11.7. The summed E-state index contributed by atoms with van der Waals surface area (Å²) < 4.78 is 0.0725. The predicted molar refractivity (Wildman–Crippen MR) is 118 cm³/mol. The normalized spacial score (nSPS) is 13.6. The zero-order chi connectivity index (χ0) is 18.0. The van der Waals surface area contributed by atoms with Crippen LogP contribution in [0.25, 0.3) is 0 Å². The van der Waals surface area contributed by atoms with Crippen LogP contribution in [0.1, 0.15) is 56.2 Å². The summed E-state index contributed by atoms with van der Waals surface area (Å²) in [4.78, 5) is 0. The van der Waals surface area contributed by atoms with Crippen molar-refractivity contribution < 1.29 is 0 Å². The molecule has 0 saturated carbocycles. The Morgan fingerprint density at radius 1 is 0.760 bits per heavy atom. The number of rotatable bonds is 11. The topological polar surface area (TPSA) is 0 Å². The number of thioether (sulfide) groups is 2. The van der Waals surface area contributed by atoms with Crippen molar-refractivity contribution in [1.82, 2.24) is 0 Å². The van der Waals surface area contributed by atoms with Gasteiger partial charge in [-0.15, -0.1) is 11.8 Å². The molecule has 0 radical (unpaired) electrons. The quantitative estimate of drug-likeness (QED) is 0.379. The second kappa shape index (κ2) is 11.0. The fourth-order valence-electron chi connectivity index (χ4n) is 3.13.